The van der Waals surface area contributed by atoms with E-state index in [1.165, 1.54) is 0 Å². The molecule has 0 fully saturated rings. The van der Waals surface area contributed by atoms with Crippen molar-refractivity contribution < 1.29 is 4.52 Å². The second-order valence-electron chi connectivity index (χ2n) is 3.85. The molecule has 1 atom stereocenters. The van der Waals surface area contributed by atoms with Gasteiger partial charge in [-0.1, -0.05) is 25.2 Å². The quantitative estimate of drug-likeness (QED) is 0.436. The summed E-state index contributed by atoms with van der Waals surface area (Å²) in [7, 11) is 0. The van der Waals surface area contributed by atoms with Gasteiger partial charge in [0.15, 0.2) is 0 Å². The van der Waals surface area contributed by atoms with E-state index in [-0.39, 0.29) is 6.10 Å². The van der Waals surface area contributed by atoms with Gasteiger partial charge in [-0.25, -0.2) is 0 Å². The first-order valence-electron chi connectivity index (χ1n) is 5.00. The Hall–Kier alpha value is 0.430. The SMILES string of the molecule is CSP(=S)(NC=NCC(C)C)OC(C)C. The van der Waals surface area contributed by atoms with E-state index in [0.717, 1.165) is 6.54 Å². The van der Waals surface area contributed by atoms with E-state index in [2.05, 4.69) is 23.9 Å². The van der Waals surface area contributed by atoms with Gasteiger partial charge in [0.25, 0.3) is 0 Å². The number of hydrogen-bond acceptors (Lipinski definition) is 4. The van der Waals surface area contributed by atoms with Crippen molar-refractivity contribution in [3.63, 3.8) is 0 Å². The van der Waals surface area contributed by atoms with Crippen LogP contribution in [-0.4, -0.2) is 25.2 Å². The normalized spacial score (nSPS) is 16.2. The standard InChI is InChI=1S/C9H21N2OPS2/c1-8(2)6-10-7-11-13(14,15-5)12-9(3)4/h7-9H,6H2,1-5H3,(H,10,11,14). The lowest BCUT2D eigenvalue weighted by Gasteiger charge is -2.21. The van der Waals surface area contributed by atoms with Gasteiger partial charge in [0.2, 0.25) is 5.62 Å². The molecule has 0 rings (SSSR count). The number of nitrogens with zero attached hydrogens (tertiary/aromatic N) is 1. The maximum absolute atomic E-state index is 5.68. The molecule has 6 heteroatoms. The Balaban J connectivity index is 4.09. The molecule has 0 radical (unpaired) electrons. The smallest absolute Gasteiger partial charge is 0.211 e. The predicted octanol–water partition coefficient (Wildman–Crippen LogP) is 3.27. The van der Waals surface area contributed by atoms with Gasteiger partial charge in [0.1, 0.15) is 0 Å². The van der Waals surface area contributed by atoms with Crippen LogP contribution >= 0.6 is 17.0 Å². The van der Waals surface area contributed by atoms with Crippen LogP contribution in [0.25, 0.3) is 0 Å². The highest BCUT2D eigenvalue weighted by Crippen LogP contribution is 2.54. The summed E-state index contributed by atoms with van der Waals surface area (Å²) in [5.41, 5.74) is -1.97. The summed E-state index contributed by atoms with van der Waals surface area (Å²) >= 11 is 6.97. The first kappa shape index (κ1) is 15.4. The Labute approximate surface area is 102 Å². The molecule has 0 saturated carbocycles. The molecule has 15 heavy (non-hydrogen) atoms. The molecule has 3 nitrogen and oxygen atoms in total. The van der Waals surface area contributed by atoms with E-state index < -0.39 is 5.62 Å². The van der Waals surface area contributed by atoms with Gasteiger partial charge in [-0.2, -0.15) is 0 Å². The monoisotopic (exact) mass is 268 g/mol. The van der Waals surface area contributed by atoms with E-state index >= 15 is 0 Å². The zero-order valence-electron chi connectivity index (χ0n) is 10.1. The van der Waals surface area contributed by atoms with Crippen molar-refractivity contribution in [2.45, 2.75) is 33.8 Å². The minimum absolute atomic E-state index is 0.147. The summed E-state index contributed by atoms with van der Waals surface area (Å²) < 4.78 is 5.68. The number of nitrogens with one attached hydrogen (secondary N) is 1. The second kappa shape index (κ2) is 7.66. The molecule has 0 aliphatic rings. The van der Waals surface area contributed by atoms with E-state index in [4.69, 9.17) is 16.3 Å². The summed E-state index contributed by atoms with van der Waals surface area (Å²) in [4.78, 5) is 4.24. The topological polar surface area (TPSA) is 33.6 Å². The summed E-state index contributed by atoms with van der Waals surface area (Å²) in [6.07, 6.45) is 3.81. The lowest BCUT2D eigenvalue weighted by molar-refractivity contribution is 0.274. The molecule has 0 aromatic carbocycles. The molecule has 0 saturated heterocycles. The number of aliphatic imine (C=N–C) groups is 1. The van der Waals surface area contributed by atoms with Crippen LogP contribution < -0.4 is 5.09 Å². The Bertz CT molecular complexity index is 244. The Kier molecular flexibility index (Phi) is 7.88. The Morgan fingerprint density at radius 1 is 1.47 bits per heavy atom. The zero-order chi connectivity index (χ0) is 11.9. The first-order chi connectivity index (χ1) is 6.89. The molecule has 1 unspecified atom stereocenters. The molecule has 1 N–H and O–H groups in total. The van der Waals surface area contributed by atoms with Crippen LogP contribution in [0.4, 0.5) is 0 Å². The number of rotatable bonds is 7. The van der Waals surface area contributed by atoms with Crippen molar-refractivity contribution in [2.75, 3.05) is 12.8 Å². The maximum Gasteiger partial charge on any atom is 0.211 e. The Morgan fingerprint density at radius 2 is 2.07 bits per heavy atom. The average Bonchev–Trinajstić information content (AvgIpc) is 2.11. The fraction of sp³-hybridized carbons (Fsp3) is 0.889. The zero-order valence-corrected chi connectivity index (χ0v) is 12.6. The molecule has 0 aromatic rings. The summed E-state index contributed by atoms with van der Waals surface area (Å²) in [6.45, 7) is 9.06. The van der Waals surface area contributed by atoms with Crippen molar-refractivity contribution in [3.05, 3.63) is 0 Å². The highest BCUT2D eigenvalue weighted by molar-refractivity contribution is 8.68. The maximum atomic E-state index is 5.68. The third kappa shape index (κ3) is 8.26. The van der Waals surface area contributed by atoms with E-state index in [1.807, 2.05) is 20.1 Å². The van der Waals surface area contributed by atoms with Gasteiger partial charge in [-0.3, -0.25) is 4.99 Å². The minimum atomic E-state index is -1.97. The highest BCUT2D eigenvalue weighted by atomic mass is 32.9. The lowest BCUT2D eigenvalue weighted by Crippen LogP contribution is -2.12. The van der Waals surface area contributed by atoms with Crippen LogP contribution in [0.15, 0.2) is 4.99 Å². The van der Waals surface area contributed by atoms with Crippen molar-refractivity contribution in [3.8, 4) is 0 Å². The molecule has 0 aliphatic carbocycles. The predicted molar refractivity (Wildman–Crippen MR) is 75.4 cm³/mol. The third-order valence-corrected chi connectivity index (χ3v) is 6.91. The molecular weight excluding hydrogens is 247 g/mol. The van der Waals surface area contributed by atoms with E-state index in [9.17, 15) is 0 Å². The van der Waals surface area contributed by atoms with Crippen LogP contribution in [-0.2, 0) is 16.3 Å². The molecule has 0 heterocycles. The summed E-state index contributed by atoms with van der Waals surface area (Å²) in [6, 6.07) is 0. The molecular formula is C9H21N2OPS2. The van der Waals surface area contributed by atoms with E-state index in [0.29, 0.717) is 5.92 Å². The molecule has 0 spiro atoms. The highest BCUT2D eigenvalue weighted by Gasteiger charge is 2.15. The molecule has 0 amide bonds. The van der Waals surface area contributed by atoms with Crippen molar-refractivity contribution >= 4 is 35.1 Å². The van der Waals surface area contributed by atoms with Crippen molar-refractivity contribution in [1.82, 2.24) is 5.09 Å². The summed E-state index contributed by atoms with van der Waals surface area (Å²) in [5, 5.41) is 3.11. The van der Waals surface area contributed by atoms with Crippen LogP contribution in [0, 0.1) is 5.92 Å². The van der Waals surface area contributed by atoms with Crippen LogP contribution in [0.2, 0.25) is 0 Å². The van der Waals surface area contributed by atoms with Crippen LogP contribution in [0.3, 0.4) is 0 Å². The lowest BCUT2D eigenvalue weighted by atomic mass is 10.2. The molecule has 0 aliphatic heterocycles. The number of hydrogen-bond donors (Lipinski definition) is 1. The fourth-order valence-corrected chi connectivity index (χ4v) is 3.70. The van der Waals surface area contributed by atoms with Gasteiger partial charge >= 0.3 is 0 Å². The van der Waals surface area contributed by atoms with E-state index in [1.54, 1.807) is 17.7 Å². The minimum Gasteiger partial charge on any atom is -0.324 e. The van der Waals surface area contributed by atoms with Gasteiger partial charge in [-0.15, -0.1) is 0 Å². The largest absolute Gasteiger partial charge is 0.324 e. The van der Waals surface area contributed by atoms with Crippen LogP contribution in [0.1, 0.15) is 27.7 Å². The average molecular weight is 268 g/mol. The molecule has 0 bridgehead atoms. The third-order valence-electron chi connectivity index (χ3n) is 1.37. The van der Waals surface area contributed by atoms with Gasteiger partial charge in [0, 0.05) is 6.54 Å². The second-order valence-corrected chi connectivity index (χ2v) is 10.6. The fourth-order valence-electron chi connectivity index (χ4n) is 0.779. The van der Waals surface area contributed by atoms with Gasteiger partial charge in [0.05, 0.1) is 12.4 Å². The van der Waals surface area contributed by atoms with Crippen LogP contribution in [0.5, 0.6) is 0 Å². The molecule has 90 valence electrons. The Morgan fingerprint density at radius 3 is 2.47 bits per heavy atom. The molecule has 0 aromatic heterocycles. The van der Waals surface area contributed by atoms with Crippen molar-refractivity contribution in [2.24, 2.45) is 10.9 Å². The van der Waals surface area contributed by atoms with Gasteiger partial charge in [-0.05, 0) is 37.8 Å². The summed E-state index contributed by atoms with van der Waals surface area (Å²) in [5.74, 6) is 0.571. The van der Waals surface area contributed by atoms with Gasteiger partial charge < -0.3 is 9.61 Å². The first-order valence-corrected chi connectivity index (χ1v) is 9.55. The van der Waals surface area contributed by atoms with Crippen molar-refractivity contribution in [1.29, 1.82) is 0 Å².